The number of benzene rings is 1. The van der Waals surface area contributed by atoms with Crippen molar-refractivity contribution < 1.29 is 14.3 Å². The fourth-order valence-corrected chi connectivity index (χ4v) is 2.32. The van der Waals surface area contributed by atoms with E-state index in [-0.39, 0.29) is 10.7 Å². The first-order valence-corrected chi connectivity index (χ1v) is 6.20. The number of carboxylic acids is 1. The fraction of sp³-hybridized carbons (Fsp3) is 0.154. The first kappa shape index (κ1) is 12.6. The summed E-state index contributed by atoms with van der Waals surface area (Å²) in [6, 6.07) is 8.24. The average molecular weight is 265 g/mol. The van der Waals surface area contributed by atoms with Gasteiger partial charge in [-0.2, -0.15) is 0 Å². The molecule has 0 unspecified atom stereocenters. The van der Waals surface area contributed by atoms with Crippen molar-refractivity contribution in [1.29, 1.82) is 0 Å². The van der Waals surface area contributed by atoms with Crippen LogP contribution in [0.5, 0.6) is 0 Å². The van der Waals surface area contributed by atoms with Crippen LogP contribution in [0.4, 0.5) is 10.1 Å². The number of anilines is 1. The van der Waals surface area contributed by atoms with Crippen LogP contribution in [0.15, 0.2) is 30.3 Å². The first-order valence-electron chi connectivity index (χ1n) is 5.38. The molecule has 2 rings (SSSR count). The Bertz CT molecular complexity index is 580. The molecular weight excluding hydrogens is 253 g/mol. The van der Waals surface area contributed by atoms with Crippen LogP contribution in [0, 0.1) is 12.7 Å². The number of thiophene rings is 1. The summed E-state index contributed by atoms with van der Waals surface area (Å²) in [5.41, 5.74) is 1.29. The van der Waals surface area contributed by atoms with E-state index < -0.39 is 5.97 Å². The summed E-state index contributed by atoms with van der Waals surface area (Å²) < 4.78 is 13.5. The summed E-state index contributed by atoms with van der Waals surface area (Å²) in [5, 5.41) is 11.7. The monoisotopic (exact) mass is 265 g/mol. The minimum absolute atomic E-state index is 0.288. The van der Waals surface area contributed by atoms with Gasteiger partial charge in [-0.3, -0.25) is 0 Å². The topological polar surface area (TPSA) is 49.3 Å². The highest BCUT2D eigenvalue weighted by molar-refractivity contribution is 7.13. The maximum absolute atomic E-state index is 13.5. The van der Waals surface area contributed by atoms with Crippen molar-refractivity contribution in [2.75, 3.05) is 5.32 Å². The van der Waals surface area contributed by atoms with Crippen molar-refractivity contribution in [3.05, 3.63) is 51.5 Å². The van der Waals surface area contributed by atoms with E-state index in [0.717, 1.165) is 10.4 Å². The molecule has 0 bridgehead atoms. The predicted octanol–water partition coefficient (Wildman–Crippen LogP) is 3.51. The maximum Gasteiger partial charge on any atom is 0.345 e. The smallest absolute Gasteiger partial charge is 0.345 e. The van der Waals surface area contributed by atoms with Crippen molar-refractivity contribution in [2.45, 2.75) is 13.5 Å². The molecule has 2 N–H and O–H groups in total. The summed E-state index contributed by atoms with van der Waals surface area (Å²) in [6.45, 7) is 2.24. The number of hydrogen-bond donors (Lipinski definition) is 2. The van der Waals surface area contributed by atoms with Gasteiger partial charge in [0.15, 0.2) is 0 Å². The third-order valence-corrected chi connectivity index (χ3v) is 3.52. The van der Waals surface area contributed by atoms with E-state index in [1.165, 1.54) is 17.4 Å². The Morgan fingerprint density at radius 3 is 2.78 bits per heavy atom. The third kappa shape index (κ3) is 2.87. The molecule has 0 aliphatic heterocycles. The van der Waals surface area contributed by atoms with E-state index in [1.54, 1.807) is 18.2 Å². The number of hydrogen-bond acceptors (Lipinski definition) is 3. The van der Waals surface area contributed by atoms with Gasteiger partial charge in [0.1, 0.15) is 10.7 Å². The third-order valence-electron chi connectivity index (χ3n) is 2.45. The summed E-state index contributed by atoms with van der Waals surface area (Å²) in [4.78, 5) is 11.9. The van der Waals surface area contributed by atoms with E-state index in [0.29, 0.717) is 12.2 Å². The van der Waals surface area contributed by atoms with Gasteiger partial charge in [0.05, 0.1) is 5.69 Å². The second-order valence-corrected chi connectivity index (χ2v) is 5.08. The van der Waals surface area contributed by atoms with Gasteiger partial charge in [-0.1, -0.05) is 6.07 Å². The number of aryl methyl sites for hydroxylation is 1. The Labute approximate surface area is 108 Å². The molecular formula is C13H12FNO2S. The minimum Gasteiger partial charge on any atom is -0.477 e. The molecule has 5 heteroatoms. The Morgan fingerprint density at radius 1 is 1.39 bits per heavy atom. The molecule has 1 heterocycles. The summed E-state index contributed by atoms with van der Waals surface area (Å²) in [7, 11) is 0. The predicted molar refractivity (Wildman–Crippen MR) is 69.7 cm³/mol. The molecule has 0 aliphatic carbocycles. The molecule has 0 saturated carbocycles. The standard InChI is InChI=1S/C13H12FNO2S/c1-8-2-4-11(10(14)6-8)15-7-9-3-5-12(18-9)13(16)17/h2-6,15H,7H2,1H3,(H,16,17). The molecule has 0 spiro atoms. The molecule has 2 aromatic rings. The minimum atomic E-state index is -0.937. The SMILES string of the molecule is Cc1ccc(NCc2ccc(C(=O)O)s2)c(F)c1. The van der Waals surface area contributed by atoms with Crippen molar-refractivity contribution in [3.63, 3.8) is 0 Å². The normalized spacial score (nSPS) is 10.3. The van der Waals surface area contributed by atoms with Gasteiger partial charge in [-0.15, -0.1) is 11.3 Å². The average Bonchev–Trinajstić information content (AvgIpc) is 2.76. The number of carboxylic acid groups (broad SMARTS) is 1. The van der Waals surface area contributed by atoms with Crippen molar-refractivity contribution >= 4 is 23.0 Å². The zero-order valence-corrected chi connectivity index (χ0v) is 10.6. The van der Waals surface area contributed by atoms with Crippen LogP contribution in [0.2, 0.25) is 0 Å². The quantitative estimate of drug-likeness (QED) is 0.889. The molecule has 0 aliphatic rings. The van der Waals surface area contributed by atoms with Crippen LogP contribution in [0.3, 0.4) is 0 Å². The second kappa shape index (κ2) is 5.18. The molecule has 1 aromatic carbocycles. The molecule has 0 atom stereocenters. The van der Waals surface area contributed by atoms with Gasteiger partial charge in [0.25, 0.3) is 0 Å². The molecule has 3 nitrogen and oxygen atoms in total. The Morgan fingerprint density at radius 2 is 2.17 bits per heavy atom. The molecule has 0 amide bonds. The zero-order valence-electron chi connectivity index (χ0n) is 9.74. The molecule has 0 fully saturated rings. The van der Waals surface area contributed by atoms with Crippen LogP contribution in [0.1, 0.15) is 20.1 Å². The summed E-state index contributed by atoms with van der Waals surface area (Å²) >= 11 is 1.18. The highest BCUT2D eigenvalue weighted by atomic mass is 32.1. The van der Waals surface area contributed by atoms with Crippen LogP contribution in [-0.4, -0.2) is 11.1 Å². The fourth-order valence-electron chi connectivity index (χ4n) is 1.53. The van der Waals surface area contributed by atoms with Crippen molar-refractivity contribution in [2.24, 2.45) is 0 Å². The number of carbonyl (C=O) groups is 1. The first-order chi connectivity index (χ1) is 8.56. The largest absolute Gasteiger partial charge is 0.477 e. The molecule has 1 aromatic heterocycles. The molecule has 94 valence electrons. The molecule has 18 heavy (non-hydrogen) atoms. The van der Waals surface area contributed by atoms with Crippen LogP contribution < -0.4 is 5.32 Å². The number of nitrogens with one attached hydrogen (secondary N) is 1. The van der Waals surface area contributed by atoms with Gasteiger partial charge in [0, 0.05) is 11.4 Å². The van der Waals surface area contributed by atoms with E-state index in [9.17, 15) is 9.18 Å². The van der Waals surface area contributed by atoms with Crippen LogP contribution in [-0.2, 0) is 6.54 Å². The lowest BCUT2D eigenvalue weighted by atomic mass is 10.2. The van der Waals surface area contributed by atoms with Crippen molar-refractivity contribution in [1.82, 2.24) is 0 Å². The van der Waals surface area contributed by atoms with Gasteiger partial charge in [-0.25, -0.2) is 9.18 Å². The van der Waals surface area contributed by atoms with E-state index >= 15 is 0 Å². The number of rotatable bonds is 4. The van der Waals surface area contributed by atoms with Gasteiger partial charge in [0.2, 0.25) is 0 Å². The summed E-state index contributed by atoms with van der Waals surface area (Å²) in [6.07, 6.45) is 0. The highest BCUT2D eigenvalue weighted by Crippen LogP contribution is 2.20. The van der Waals surface area contributed by atoms with E-state index in [4.69, 9.17) is 5.11 Å². The molecule has 0 radical (unpaired) electrons. The second-order valence-electron chi connectivity index (χ2n) is 3.91. The maximum atomic E-state index is 13.5. The van der Waals surface area contributed by atoms with Crippen LogP contribution >= 0.6 is 11.3 Å². The summed E-state index contributed by atoms with van der Waals surface area (Å²) in [5.74, 6) is -1.24. The van der Waals surface area contributed by atoms with Gasteiger partial charge in [-0.05, 0) is 36.8 Å². The highest BCUT2D eigenvalue weighted by Gasteiger charge is 2.07. The zero-order chi connectivity index (χ0) is 13.1. The Hall–Kier alpha value is -1.88. The van der Waals surface area contributed by atoms with Crippen LogP contribution in [0.25, 0.3) is 0 Å². The lowest BCUT2D eigenvalue weighted by Crippen LogP contribution is -2.00. The Balaban J connectivity index is 2.04. The van der Waals surface area contributed by atoms with Gasteiger partial charge >= 0.3 is 5.97 Å². The molecule has 0 saturated heterocycles. The van der Waals surface area contributed by atoms with Crippen molar-refractivity contribution in [3.8, 4) is 0 Å². The van der Waals surface area contributed by atoms with Gasteiger partial charge < -0.3 is 10.4 Å². The number of halogens is 1. The van der Waals surface area contributed by atoms with E-state index in [1.807, 2.05) is 13.0 Å². The Kier molecular flexibility index (Phi) is 3.62. The van der Waals surface area contributed by atoms with E-state index in [2.05, 4.69) is 5.32 Å². The number of aromatic carboxylic acids is 1. The lowest BCUT2D eigenvalue weighted by molar-refractivity contribution is 0.0702. The lowest BCUT2D eigenvalue weighted by Gasteiger charge is -2.06.